The summed E-state index contributed by atoms with van der Waals surface area (Å²) >= 11 is 0. The molecular weight excluding hydrogens is 288 g/mol. The number of aliphatic imine (C=N–C) groups is 2. The minimum Gasteiger partial charge on any atom is -0.211 e. The van der Waals surface area contributed by atoms with E-state index >= 15 is 0 Å². The molecule has 4 nitrogen and oxygen atoms in total. The number of hydrogen-bond acceptors (Lipinski definition) is 4. The Morgan fingerprint density at radius 2 is 1.74 bits per heavy atom. The summed E-state index contributed by atoms with van der Waals surface area (Å²) in [7, 11) is 0. The van der Waals surface area contributed by atoms with E-state index in [4.69, 9.17) is 0 Å². The molecule has 1 unspecified atom stereocenters. The first-order valence-electron chi connectivity index (χ1n) is 7.62. The summed E-state index contributed by atoms with van der Waals surface area (Å²) in [4.78, 5) is 28.6. The van der Waals surface area contributed by atoms with Gasteiger partial charge in [0.05, 0.1) is 0 Å². The van der Waals surface area contributed by atoms with E-state index in [0.29, 0.717) is 12.3 Å². The zero-order valence-electron chi connectivity index (χ0n) is 13.6. The first-order chi connectivity index (χ1) is 11.0. The molecule has 1 aliphatic carbocycles. The van der Waals surface area contributed by atoms with Crippen molar-refractivity contribution in [2.75, 3.05) is 0 Å². The van der Waals surface area contributed by atoms with Crippen LogP contribution in [0.3, 0.4) is 0 Å². The van der Waals surface area contributed by atoms with Gasteiger partial charge in [-0.05, 0) is 23.1 Å². The Morgan fingerprint density at radius 1 is 1.13 bits per heavy atom. The number of allylic oxidation sites excluding steroid dienone is 2. The number of isocyanates is 2. The Labute approximate surface area is 136 Å². The van der Waals surface area contributed by atoms with Gasteiger partial charge in [0.1, 0.15) is 0 Å². The molecule has 0 radical (unpaired) electrons. The average molecular weight is 308 g/mol. The normalized spacial score (nSPS) is 22.5. The second-order valence-electron chi connectivity index (χ2n) is 6.20. The molecule has 4 heteroatoms. The summed E-state index contributed by atoms with van der Waals surface area (Å²) in [6, 6.07) is 10.3. The molecule has 0 bridgehead atoms. The lowest BCUT2D eigenvalue weighted by molar-refractivity contribution is 0.397. The van der Waals surface area contributed by atoms with Crippen molar-refractivity contribution in [2.24, 2.45) is 15.9 Å². The van der Waals surface area contributed by atoms with Crippen LogP contribution in [-0.2, 0) is 15.0 Å². The summed E-state index contributed by atoms with van der Waals surface area (Å²) < 4.78 is 0. The molecule has 2 rings (SSSR count). The molecule has 0 N–H and O–H groups in total. The minimum atomic E-state index is -1.19. The van der Waals surface area contributed by atoms with Crippen LogP contribution >= 0.6 is 0 Å². The highest BCUT2D eigenvalue weighted by atomic mass is 16.1. The van der Waals surface area contributed by atoms with Crippen LogP contribution in [-0.4, -0.2) is 17.8 Å². The van der Waals surface area contributed by atoms with E-state index in [1.807, 2.05) is 30.4 Å². The van der Waals surface area contributed by atoms with Crippen molar-refractivity contribution >= 4 is 12.2 Å². The lowest BCUT2D eigenvalue weighted by Gasteiger charge is -2.38. The predicted molar refractivity (Wildman–Crippen MR) is 89.4 cm³/mol. The summed E-state index contributed by atoms with van der Waals surface area (Å²) in [5.74, 6) is 0.359. The van der Waals surface area contributed by atoms with Crippen molar-refractivity contribution in [1.82, 2.24) is 0 Å². The molecule has 0 aromatic heterocycles. The lowest BCUT2D eigenvalue weighted by atomic mass is 9.66. The SMILES string of the molecule is CC(C)C(C)(C1=CCC(N=C=O)(N=C=O)C=C1)c1ccccc1. The third-order valence-electron chi connectivity index (χ3n) is 4.76. The quantitative estimate of drug-likeness (QED) is 0.612. The smallest absolute Gasteiger partial charge is 0.211 e. The summed E-state index contributed by atoms with van der Waals surface area (Å²) in [6.45, 7) is 6.55. The maximum absolute atomic E-state index is 10.6. The van der Waals surface area contributed by atoms with Gasteiger partial charge in [0.25, 0.3) is 0 Å². The van der Waals surface area contributed by atoms with E-state index in [1.165, 1.54) is 17.7 Å². The van der Waals surface area contributed by atoms with Gasteiger partial charge in [-0.1, -0.05) is 63.3 Å². The maximum Gasteiger partial charge on any atom is 0.237 e. The van der Waals surface area contributed by atoms with Crippen LogP contribution in [0, 0.1) is 5.92 Å². The Kier molecular flexibility index (Phi) is 4.90. The number of carbonyl (C=O) groups excluding carboxylic acids is 2. The highest BCUT2D eigenvalue weighted by molar-refractivity contribution is 5.48. The number of rotatable bonds is 5. The predicted octanol–water partition coefficient (Wildman–Crippen LogP) is 3.85. The number of benzene rings is 1. The van der Waals surface area contributed by atoms with E-state index in [2.05, 4.69) is 42.9 Å². The molecule has 0 amide bonds. The average Bonchev–Trinajstić information content (AvgIpc) is 2.56. The first-order valence-corrected chi connectivity index (χ1v) is 7.62. The molecule has 0 aliphatic heterocycles. The third kappa shape index (κ3) is 3.14. The highest BCUT2D eigenvalue weighted by Gasteiger charge is 2.37. The van der Waals surface area contributed by atoms with Crippen molar-refractivity contribution in [2.45, 2.75) is 38.3 Å². The Hall–Kier alpha value is -2.54. The van der Waals surface area contributed by atoms with Gasteiger partial charge in [0, 0.05) is 11.8 Å². The van der Waals surface area contributed by atoms with Crippen LogP contribution in [0.25, 0.3) is 0 Å². The molecule has 118 valence electrons. The highest BCUT2D eigenvalue weighted by Crippen LogP contribution is 2.42. The fourth-order valence-corrected chi connectivity index (χ4v) is 2.97. The van der Waals surface area contributed by atoms with Crippen LogP contribution in [0.2, 0.25) is 0 Å². The minimum absolute atomic E-state index is 0.181. The van der Waals surface area contributed by atoms with Crippen molar-refractivity contribution in [1.29, 1.82) is 0 Å². The zero-order chi connectivity index (χ0) is 16.9. The van der Waals surface area contributed by atoms with Crippen LogP contribution < -0.4 is 0 Å². The van der Waals surface area contributed by atoms with Crippen LogP contribution in [0.4, 0.5) is 0 Å². The first kappa shape index (κ1) is 16.8. The Balaban J connectivity index is 2.46. The molecule has 1 aliphatic rings. The summed E-state index contributed by atoms with van der Waals surface area (Å²) in [6.07, 6.45) is 8.91. The van der Waals surface area contributed by atoms with Gasteiger partial charge >= 0.3 is 0 Å². The summed E-state index contributed by atoms with van der Waals surface area (Å²) in [5, 5.41) is 0. The molecule has 1 aromatic rings. The van der Waals surface area contributed by atoms with Gasteiger partial charge in [-0.15, -0.1) is 0 Å². The summed E-state index contributed by atoms with van der Waals surface area (Å²) in [5.41, 5.74) is 0.967. The van der Waals surface area contributed by atoms with E-state index in [-0.39, 0.29) is 5.41 Å². The van der Waals surface area contributed by atoms with Crippen LogP contribution in [0.5, 0.6) is 0 Å². The largest absolute Gasteiger partial charge is 0.237 e. The molecule has 1 aromatic carbocycles. The Bertz CT molecular complexity index is 703. The second-order valence-corrected chi connectivity index (χ2v) is 6.20. The van der Waals surface area contributed by atoms with Crippen molar-refractivity contribution in [3.63, 3.8) is 0 Å². The van der Waals surface area contributed by atoms with Crippen molar-refractivity contribution < 1.29 is 9.59 Å². The van der Waals surface area contributed by atoms with Gasteiger partial charge in [-0.25, -0.2) is 9.59 Å². The van der Waals surface area contributed by atoms with E-state index in [9.17, 15) is 9.59 Å². The molecule has 0 heterocycles. The van der Waals surface area contributed by atoms with Crippen molar-refractivity contribution in [3.8, 4) is 0 Å². The number of hydrogen-bond donors (Lipinski definition) is 0. The van der Waals surface area contributed by atoms with E-state index < -0.39 is 5.66 Å². The van der Waals surface area contributed by atoms with Crippen LogP contribution in [0.15, 0.2) is 64.1 Å². The van der Waals surface area contributed by atoms with Gasteiger partial charge in [-0.3, -0.25) is 0 Å². The van der Waals surface area contributed by atoms with Gasteiger partial charge in [0.15, 0.2) is 5.66 Å². The van der Waals surface area contributed by atoms with Gasteiger partial charge < -0.3 is 0 Å². The van der Waals surface area contributed by atoms with Crippen LogP contribution in [0.1, 0.15) is 32.8 Å². The third-order valence-corrected chi connectivity index (χ3v) is 4.76. The lowest BCUT2D eigenvalue weighted by Crippen LogP contribution is -2.33. The van der Waals surface area contributed by atoms with E-state index in [0.717, 1.165) is 5.57 Å². The topological polar surface area (TPSA) is 58.9 Å². The molecule has 23 heavy (non-hydrogen) atoms. The maximum atomic E-state index is 10.6. The second kappa shape index (κ2) is 6.70. The molecule has 0 fully saturated rings. The van der Waals surface area contributed by atoms with Gasteiger partial charge in [-0.2, -0.15) is 9.98 Å². The Morgan fingerprint density at radius 3 is 2.17 bits per heavy atom. The standard InChI is InChI=1S/C19H20N2O2/c1-15(2)18(3,16-7-5-4-6-8-16)17-9-11-19(12-10-17,20-13-22)21-14-23/h4-11,15H,12H2,1-3H3. The molecule has 0 saturated carbocycles. The van der Waals surface area contributed by atoms with E-state index in [1.54, 1.807) is 6.08 Å². The fraction of sp³-hybridized carbons (Fsp3) is 0.368. The molecule has 1 atom stereocenters. The molecular formula is C19H20N2O2. The fourth-order valence-electron chi connectivity index (χ4n) is 2.97. The number of nitrogens with zero attached hydrogens (tertiary/aromatic N) is 2. The molecule has 0 saturated heterocycles. The zero-order valence-corrected chi connectivity index (χ0v) is 13.6. The van der Waals surface area contributed by atoms with Crippen molar-refractivity contribution in [3.05, 3.63) is 59.7 Å². The monoisotopic (exact) mass is 308 g/mol. The van der Waals surface area contributed by atoms with Gasteiger partial charge in [0.2, 0.25) is 12.2 Å². The molecule has 0 spiro atoms.